The maximum Gasteiger partial charge on any atom is 0.191 e. The summed E-state index contributed by atoms with van der Waals surface area (Å²) >= 11 is 1.54. The van der Waals surface area contributed by atoms with Crippen LogP contribution < -0.4 is 5.32 Å². The quantitative estimate of drug-likeness (QED) is 0.357. The van der Waals surface area contributed by atoms with E-state index in [-0.39, 0.29) is 24.1 Å². The number of halogens is 2. The molecule has 2 N–H and O–H groups in total. The molecular formula is C24H28F2N6O3S. The molecule has 0 bridgehead atoms. The number of nitrogens with one attached hydrogen (secondary N) is 1. The molecule has 1 saturated heterocycles. The minimum absolute atomic E-state index is 0.00665. The molecule has 2 aliphatic carbocycles. The van der Waals surface area contributed by atoms with Gasteiger partial charge in [0.15, 0.2) is 39.6 Å². The van der Waals surface area contributed by atoms with Gasteiger partial charge in [-0.3, -0.25) is 0 Å². The van der Waals surface area contributed by atoms with Crippen LogP contribution in [-0.4, -0.2) is 66.0 Å². The summed E-state index contributed by atoms with van der Waals surface area (Å²) in [6, 6.07) is 3.74. The van der Waals surface area contributed by atoms with E-state index in [1.807, 2.05) is 13.8 Å². The van der Waals surface area contributed by atoms with Crippen molar-refractivity contribution in [2.45, 2.75) is 87.3 Å². The van der Waals surface area contributed by atoms with E-state index in [0.717, 1.165) is 30.2 Å². The van der Waals surface area contributed by atoms with E-state index >= 15 is 0 Å². The summed E-state index contributed by atoms with van der Waals surface area (Å²) in [6.07, 6.45) is 0.639. The molecule has 3 aromatic rings. The highest BCUT2D eigenvalue weighted by Gasteiger charge is 2.55. The van der Waals surface area contributed by atoms with Crippen molar-refractivity contribution in [1.82, 2.24) is 25.0 Å². The molecule has 0 radical (unpaired) electrons. The van der Waals surface area contributed by atoms with Gasteiger partial charge in [-0.15, -0.1) is 5.10 Å². The van der Waals surface area contributed by atoms with Gasteiger partial charge in [0.05, 0.1) is 12.1 Å². The molecule has 192 valence electrons. The second-order valence-electron chi connectivity index (χ2n) is 10.1. The van der Waals surface area contributed by atoms with Crippen molar-refractivity contribution >= 4 is 28.7 Å². The number of aliphatic hydroxyl groups is 1. The van der Waals surface area contributed by atoms with Gasteiger partial charge in [-0.05, 0) is 44.4 Å². The van der Waals surface area contributed by atoms with Crippen molar-refractivity contribution in [2.75, 3.05) is 11.1 Å². The van der Waals surface area contributed by atoms with Crippen LogP contribution in [0, 0.1) is 11.6 Å². The molecule has 2 aromatic heterocycles. The summed E-state index contributed by atoms with van der Waals surface area (Å²) in [7, 11) is 0. The first-order chi connectivity index (χ1) is 17.2. The maximum absolute atomic E-state index is 13.7. The fourth-order valence-corrected chi connectivity index (χ4v) is 5.89. The third-order valence-corrected chi connectivity index (χ3v) is 8.00. The summed E-state index contributed by atoms with van der Waals surface area (Å²) < 4.78 is 40.9. The number of aliphatic hydroxyl groups excluding tert-OH is 1. The Labute approximate surface area is 211 Å². The van der Waals surface area contributed by atoms with Gasteiger partial charge in [-0.2, -0.15) is 0 Å². The van der Waals surface area contributed by atoms with Gasteiger partial charge in [0, 0.05) is 24.1 Å². The van der Waals surface area contributed by atoms with E-state index in [4.69, 9.17) is 19.4 Å². The normalized spacial score (nSPS) is 30.6. The molecule has 12 heteroatoms. The van der Waals surface area contributed by atoms with E-state index in [9.17, 15) is 13.9 Å². The van der Waals surface area contributed by atoms with Crippen molar-refractivity contribution in [2.24, 2.45) is 0 Å². The van der Waals surface area contributed by atoms with Crippen molar-refractivity contribution in [1.29, 1.82) is 0 Å². The van der Waals surface area contributed by atoms with Gasteiger partial charge < -0.3 is 19.9 Å². The standard InChI is InChI=1S/C24H28F2N6O3S/c1-4-7-36-23-28-21(27-15-9-12(15)11-5-6-13(25)14(26)8-11)18-22(29-23)32(31-30-18)16-10-17(33)20-19(16)34-24(2,3)35-20/h5-6,8,12,15-17,19-20,33H,4,7,9-10H2,1-3H3,(H,27,28,29). The fraction of sp³-hybridized carbons (Fsp3) is 0.583. The monoisotopic (exact) mass is 518 g/mol. The Morgan fingerprint density at radius 2 is 1.97 bits per heavy atom. The van der Waals surface area contributed by atoms with Gasteiger partial charge in [0.25, 0.3) is 0 Å². The lowest BCUT2D eigenvalue weighted by molar-refractivity contribution is -0.165. The first kappa shape index (κ1) is 24.0. The Morgan fingerprint density at radius 1 is 1.17 bits per heavy atom. The molecule has 2 saturated carbocycles. The van der Waals surface area contributed by atoms with Crippen LogP contribution in [0.2, 0.25) is 0 Å². The van der Waals surface area contributed by atoms with E-state index in [1.165, 1.54) is 6.07 Å². The molecule has 3 fully saturated rings. The summed E-state index contributed by atoms with van der Waals surface area (Å²) in [6.45, 7) is 5.75. The molecule has 3 aliphatic rings. The van der Waals surface area contributed by atoms with Crippen LogP contribution >= 0.6 is 11.8 Å². The Bertz CT molecular complexity index is 1310. The first-order valence-corrected chi connectivity index (χ1v) is 13.2. The lowest BCUT2D eigenvalue weighted by Gasteiger charge is -2.22. The SMILES string of the molecule is CCCSc1nc(NC2CC2c2ccc(F)c(F)c2)c2nnn(C3CC(O)C4OC(C)(C)OC43)c2n1. The number of aromatic nitrogens is 5. The first-order valence-electron chi connectivity index (χ1n) is 12.2. The van der Waals surface area contributed by atoms with E-state index in [2.05, 4.69) is 22.6 Å². The number of nitrogens with zero attached hydrogens (tertiary/aromatic N) is 5. The van der Waals surface area contributed by atoms with Crippen LogP contribution in [0.5, 0.6) is 0 Å². The number of rotatable bonds is 7. The van der Waals surface area contributed by atoms with E-state index in [1.54, 1.807) is 22.5 Å². The zero-order valence-electron chi connectivity index (χ0n) is 20.2. The zero-order chi connectivity index (χ0) is 25.2. The number of benzene rings is 1. The van der Waals surface area contributed by atoms with E-state index < -0.39 is 29.6 Å². The van der Waals surface area contributed by atoms with Gasteiger partial charge in [-0.25, -0.2) is 23.4 Å². The van der Waals surface area contributed by atoms with Crippen LogP contribution in [0.3, 0.4) is 0 Å². The summed E-state index contributed by atoms with van der Waals surface area (Å²) in [5.74, 6) is -1.04. The highest BCUT2D eigenvalue weighted by atomic mass is 32.2. The maximum atomic E-state index is 13.7. The molecule has 6 atom stereocenters. The average Bonchev–Trinajstić information content (AvgIpc) is 3.19. The molecule has 9 nitrogen and oxygen atoms in total. The third-order valence-electron chi connectivity index (χ3n) is 6.94. The minimum Gasteiger partial charge on any atom is -0.390 e. The van der Waals surface area contributed by atoms with Crippen molar-refractivity contribution in [3.63, 3.8) is 0 Å². The summed E-state index contributed by atoms with van der Waals surface area (Å²) in [5, 5.41) is 23.5. The number of ether oxygens (including phenoxy) is 2. The smallest absolute Gasteiger partial charge is 0.191 e. The topological polar surface area (TPSA) is 107 Å². The summed E-state index contributed by atoms with van der Waals surface area (Å²) in [4.78, 5) is 9.47. The molecule has 6 rings (SSSR count). The highest BCUT2D eigenvalue weighted by molar-refractivity contribution is 7.99. The largest absolute Gasteiger partial charge is 0.390 e. The van der Waals surface area contributed by atoms with Crippen LogP contribution in [0.15, 0.2) is 23.4 Å². The van der Waals surface area contributed by atoms with Crippen molar-refractivity contribution in [3.8, 4) is 0 Å². The van der Waals surface area contributed by atoms with Crippen LogP contribution in [0.4, 0.5) is 14.6 Å². The second kappa shape index (κ2) is 8.86. The lowest BCUT2D eigenvalue weighted by Crippen LogP contribution is -2.29. The second-order valence-corrected chi connectivity index (χ2v) is 11.2. The molecule has 6 unspecified atom stereocenters. The van der Waals surface area contributed by atoms with E-state index in [0.29, 0.717) is 28.6 Å². The zero-order valence-corrected chi connectivity index (χ0v) is 21.0. The molecule has 3 heterocycles. The minimum atomic E-state index is -0.852. The Balaban J connectivity index is 1.32. The van der Waals surface area contributed by atoms with Crippen LogP contribution in [0.1, 0.15) is 57.6 Å². The Hall–Kier alpha value is -2.41. The molecule has 0 amide bonds. The van der Waals surface area contributed by atoms with Crippen LogP contribution in [0.25, 0.3) is 11.2 Å². The average molecular weight is 519 g/mol. The number of anilines is 1. The lowest BCUT2D eigenvalue weighted by atomic mass is 10.1. The third kappa shape index (κ3) is 4.23. The number of fused-ring (bicyclic) bond motifs is 2. The molecule has 36 heavy (non-hydrogen) atoms. The number of hydrogen-bond acceptors (Lipinski definition) is 9. The van der Waals surface area contributed by atoms with Crippen LogP contribution in [-0.2, 0) is 9.47 Å². The van der Waals surface area contributed by atoms with Gasteiger partial charge in [0.2, 0.25) is 0 Å². The van der Waals surface area contributed by atoms with Gasteiger partial charge >= 0.3 is 0 Å². The molecular weight excluding hydrogens is 490 g/mol. The predicted molar refractivity (Wildman–Crippen MR) is 129 cm³/mol. The molecule has 1 aliphatic heterocycles. The molecule has 0 spiro atoms. The Kier molecular flexibility index (Phi) is 5.90. The fourth-order valence-electron chi connectivity index (χ4n) is 5.20. The van der Waals surface area contributed by atoms with Gasteiger partial charge in [-0.1, -0.05) is 30.0 Å². The van der Waals surface area contributed by atoms with Crippen molar-refractivity contribution in [3.05, 3.63) is 35.4 Å². The van der Waals surface area contributed by atoms with Gasteiger partial charge in [0.1, 0.15) is 12.2 Å². The number of hydrogen-bond donors (Lipinski definition) is 2. The molecule has 1 aromatic carbocycles. The predicted octanol–water partition coefficient (Wildman–Crippen LogP) is 3.80. The summed E-state index contributed by atoms with van der Waals surface area (Å²) in [5.41, 5.74) is 1.82. The highest BCUT2D eigenvalue weighted by Crippen LogP contribution is 2.46. The Morgan fingerprint density at radius 3 is 2.75 bits per heavy atom. The van der Waals surface area contributed by atoms with Crippen molar-refractivity contribution < 1.29 is 23.4 Å². The number of thioether (sulfide) groups is 1.